The van der Waals surface area contributed by atoms with Crippen LogP contribution in [0.5, 0.6) is 0 Å². The third kappa shape index (κ3) is 6.48. The van der Waals surface area contributed by atoms with Gasteiger partial charge in [-0.15, -0.1) is 0 Å². The smallest absolute Gasteiger partial charge is 0.449 e. The molecule has 1 aromatic rings. The normalized spacial score (nSPS) is 10.9. The standard InChI is InChI=1S/C8H8BClF3.K/c10-8-3-1-7(2-4-8)5-6-9(11,12)13;/h1-4H,5-6H2;/q-1;+1. The van der Waals surface area contributed by atoms with Crippen molar-refractivity contribution in [3.63, 3.8) is 0 Å². The molecule has 0 aliphatic heterocycles. The Labute approximate surface area is 129 Å². The molecule has 0 radical (unpaired) electrons. The molecular weight excluding hydrogens is 238 g/mol. The van der Waals surface area contributed by atoms with E-state index >= 15 is 0 Å². The van der Waals surface area contributed by atoms with Crippen LogP contribution in [0.4, 0.5) is 12.9 Å². The molecule has 0 aromatic heterocycles. The number of halogens is 4. The molecule has 0 amide bonds. The van der Waals surface area contributed by atoms with Gasteiger partial charge in [-0.05, 0) is 12.1 Å². The summed E-state index contributed by atoms with van der Waals surface area (Å²) in [6, 6.07) is 6.43. The summed E-state index contributed by atoms with van der Waals surface area (Å²) in [7, 11) is 0. The molecule has 0 nitrogen and oxygen atoms in total. The van der Waals surface area contributed by atoms with Gasteiger partial charge < -0.3 is 12.9 Å². The van der Waals surface area contributed by atoms with Gasteiger partial charge in [-0.2, -0.15) is 0 Å². The summed E-state index contributed by atoms with van der Waals surface area (Å²) in [6.07, 6.45) is -0.678. The van der Waals surface area contributed by atoms with Crippen LogP contribution in [0.3, 0.4) is 0 Å². The molecule has 0 fully saturated rings. The Bertz CT molecular complexity index is 273. The van der Waals surface area contributed by atoms with Crippen molar-refractivity contribution in [1.29, 1.82) is 0 Å². The van der Waals surface area contributed by atoms with Gasteiger partial charge in [0.1, 0.15) is 0 Å². The van der Waals surface area contributed by atoms with Crippen molar-refractivity contribution in [2.24, 2.45) is 0 Å². The van der Waals surface area contributed by atoms with Crippen molar-refractivity contribution in [2.45, 2.75) is 12.7 Å². The third-order valence-electron chi connectivity index (χ3n) is 1.67. The van der Waals surface area contributed by atoms with Crippen molar-refractivity contribution < 1.29 is 64.3 Å². The molecule has 6 heteroatoms. The molecule has 0 bridgehead atoms. The molecule has 72 valence electrons. The SMILES string of the molecule is F[B-](F)(F)CCc1ccc(Cl)cc1.[K+]. The number of hydrogen-bond acceptors (Lipinski definition) is 0. The maximum atomic E-state index is 11.9. The zero-order valence-electron chi connectivity index (χ0n) is 7.81. The van der Waals surface area contributed by atoms with Crippen LogP contribution in [0.25, 0.3) is 0 Å². The molecule has 0 heterocycles. The topological polar surface area (TPSA) is 0 Å². The number of aryl methyl sites for hydroxylation is 1. The predicted octanol–water partition coefficient (Wildman–Crippen LogP) is 0.734. The van der Waals surface area contributed by atoms with Gasteiger partial charge in [-0.1, -0.05) is 42.0 Å². The fraction of sp³-hybridized carbons (Fsp3) is 0.250. The van der Waals surface area contributed by atoms with Crippen LogP contribution in [0, 0.1) is 0 Å². The van der Waals surface area contributed by atoms with Gasteiger partial charge >= 0.3 is 58.4 Å². The van der Waals surface area contributed by atoms with E-state index < -0.39 is 13.3 Å². The first-order chi connectivity index (χ1) is 5.97. The van der Waals surface area contributed by atoms with Crippen molar-refractivity contribution in [1.82, 2.24) is 0 Å². The van der Waals surface area contributed by atoms with Gasteiger partial charge in [0, 0.05) is 5.02 Å². The van der Waals surface area contributed by atoms with E-state index in [2.05, 4.69) is 0 Å². The average molecular weight is 247 g/mol. The van der Waals surface area contributed by atoms with E-state index in [4.69, 9.17) is 11.6 Å². The molecule has 0 atom stereocenters. The zero-order valence-corrected chi connectivity index (χ0v) is 11.7. The number of hydrogen-bond donors (Lipinski definition) is 0. The van der Waals surface area contributed by atoms with E-state index in [9.17, 15) is 12.9 Å². The van der Waals surface area contributed by atoms with Gasteiger partial charge in [-0.3, -0.25) is 0 Å². The van der Waals surface area contributed by atoms with Crippen LogP contribution in [0.1, 0.15) is 5.56 Å². The molecule has 0 aliphatic rings. The van der Waals surface area contributed by atoms with Crippen LogP contribution in [-0.4, -0.2) is 6.98 Å². The summed E-state index contributed by atoms with van der Waals surface area (Å²) in [6.45, 7) is -4.67. The Hall–Kier alpha value is 1.00. The third-order valence-corrected chi connectivity index (χ3v) is 1.93. The Morgan fingerprint density at radius 2 is 1.57 bits per heavy atom. The summed E-state index contributed by atoms with van der Waals surface area (Å²) in [4.78, 5) is 0. The molecule has 14 heavy (non-hydrogen) atoms. The molecule has 0 N–H and O–H groups in total. The maximum absolute atomic E-state index is 11.9. The Kier molecular flexibility index (Phi) is 7.02. The fourth-order valence-corrected chi connectivity index (χ4v) is 1.11. The van der Waals surface area contributed by atoms with E-state index in [1.54, 1.807) is 24.3 Å². The minimum absolute atomic E-state index is 0. The van der Waals surface area contributed by atoms with Gasteiger partial charge in [0.2, 0.25) is 0 Å². The van der Waals surface area contributed by atoms with Crippen LogP contribution < -0.4 is 51.4 Å². The van der Waals surface area contributed by atoms with E-state index in [1.807, 2.05) is 0 Å². The van der Waals surface area contributed by atoms with Gasteiger partial charge in [-0.25, -0.2) is 0 Å². The fourth-order valence-electron chi connectivity index (χ4n) is 0.981. The van der Waals surface area contributed by atoms with E-state index in [1.165, 1.54) is 0 Å². The summed E-state index contributed by atoms with van der Waals surface area (Å²) in [5.74, 6) is 0. The molecule has 0 aliphatic carbocycles. The van der Waals surface area contributed by atoms with E-state index in [0.717, 1.165) is 0 Å². The maximum Gasteiger partial charge on any atom is 1.00 e. The van der Waals surface area contributed by atoms with Crippen LogP contribution in [-0.2, 0) is 6.42 Å². The summed E-state index contributed by atoms with van der Waals surface area (Å²) in [5, 5.41) is 0.543. The van der Waals surface area contributed by atoms with Crippen molar-refractivity contribution in [3.05, 3.63) is 34.9 Å². The van der Waals surface area contributed by atoms with Crippen molar-refractivity contribution in [2.75, 3.05) is 0 Å². The molecule has 1 rings (SSSR count). The monoisotopic (exact) mass is 246 g/mol. The zero-order chi connectivity index (χ0) is 9.90. The quantitative estimate of drug-likeness (QED) is 0.690. The Balaban J connectivity index is 0.00000169. The molecule has 0 saturated heterocycles. The average Bonchev–Trinajstić information content (AvgIpc) is 2.02. The second kappa shape index (κ2) is 6.56. The van der Waals surface area contributed by atoms with Crippen LogP contribution >= 0.6 is 11.6 Å². The molecule has 0 spiro atoms. The minimum Gasteiger partial charge on any atom is -0.449 e. The summed E-state index contributed by atoms with van der Waals surface area (Å²) < 4.78 is 35.6. The second-order valence-corrected chi connectivity index (χ2v) is 3.31. The molecule has 0 saturated carbocycles. The predicted molar refractivity (Wildman–Crippen MR) is 49.0 cm³/mol. The largest absolute Gasteiger partial charge is 1.00 e. The Morgan fingerprint density at radius 3 is 2.00 bits per heavy atom. The molecule has 0 unspecified atom stereocenters. The Morgan fingerprint density at radius 1 is 1.07 bits per heavy atom. The summed E-state index contributed by atoms with van der Waals surface area (Å²) >= 11 is 5.58. The second-order valence-electron chi connectivity index (χ2n) is 2.88. The summed E-state index contributed by atoms with van der Waals surface area (Å²) in [5.41, 5.74) is 0.670. The van der Waals surface area contributed by atoms with Crippen LogP contribution in [0.15, 0.2) is 24.3 Å². The first-order valence-corrected chi connectivity index (χ1v) is 4.30. The van der Waals surface area contributed by atoms with Crippen molar-refractivity contribution in [3.8, 4) is 0 Å². The van der Waals surface area contributed by atoms with Crippen LogP contribution in [0.2, 0.25) is 11.3 Å². The van der Waals surface area contributed by atoms with E-state index in [0.29, 0.717) is 10.6 Å². The minimum atomic E-state index is -4.67. The van der Waals surface area contributed by atoms with Crippen molar-refractivity contribution >= 4 is 18.6 Å². The molecule has 1 aromatic carbocycles. The first kappa shape index (κ1) is 15.0. The van der Waals surface area contributed by atoms with E-state index in [-0.39, 0.29) is 57.8 Å². The van der Waals surface area contributed by atoms with Gasteiger partial charge in [0.25, 0.3) is 0 Å². The number of rotatable bonds is 3. The van der Waals surface area contributed by atoms with Gasteiger partial charge in [0.15, 0.2) is 0 Å². The number of benzene rings is 1. The van der Waals surface area contributed by atoms with Gasteiger partial charge in [0.05, 0.1) is 0 Å². The first-order valence-electron chi connectivity index (χ1n) is 3.93. The molecular formula is C8H8BClF3K.